The van der Waals surface area contributed by atoms with E-state index >= 15 is 0 Å². The van der Waals surface area contributed by atoms with Gasteiger partial charge in [-0.05, 0) is 74.7 Å². The Morgan fingerprint density at radius 3 is 2.33 bits per heavy atom. The van der Waals surface area contributed by atoms with Crippen molar-refractivity contribution in [1.82, 2.24) is 5.32 Å². The van der Waals surface area contributed by atoms with Crippen LogP contribution in [-0.4, -0.2) is 40.6 Å². The molecule has 1 N–H and O–H groups in total. The average molecular weight is 531 g/mol. The van der Waals surface area contributed by atoms with Crippen LogP contribution in [0.2, 0.25) is 5.02 Å². The van der Waals surface area contributed by atoms with Gasteiger partial charge in [-0.15, -0.1) is 0 Å². The molecule has 192 valence electrons. The van der Waals surface area contributed by atoms with Gasteiger partial charge < -0.3 is 14.8 Å². The lowest BCUT2D eigenvalue weighted by Gasteiger charge is -2.24. The fraction of sp³-hybridized carbons (Fsp3) is 0.296. The molecule has 7 nitrogen and oxygen atoms in total. The van der Waals surface area contributed by atoms with E-state index in [1.54, 1.807) is 30.3 Å². The van der Waals surface area contributed by atoms with Crippen LogP contribution >= 0.6 is 11.6 Å². The maximum absolute atomic E-state index is 13.4. The lowest BCUT2D eigenvalue weighted by molar-refractivity contribution is -0.119. The Labute approximate surface area is 218 Å². The lowest BCUT2D eigenvalue weighted by Crippen LogP contribution is -2.41. The number of amides is 1. The van der Waals surface area contributed by atoms with Gasteiger partial charge in [0.1, 0.15) is 18.0 Å². The number of halogens is 1. The number of benzene rings is 3. The van der Waals surface area contributed by atoms with Crippen molar-refractivity contribution < 1.29 is 22.7 Å². The molecule has 0 unspecified atom stereocenters. The second-order valence-corrected chi connectivity index (χ2v) is 10.7. The minimum atomic E-state index is -4.01. The number of sulfonamides is 1. The maximum atomic E-state index is 13.4. The molecule has 3 aromatic carbocycles. The summed E-state index contributed by atoms with van der Waals surface area (Å²) in [6.07, 6.45) is 1.59. The van der Waals surface area contributed by atoms with Crippen molar-refractivity contribution in [3.63, 3.8) is 0 Å². The summed E-state index contributed by atoms with van der Waals surface area (Å²) in [6, 6.07) is 20.4. The van der Waals surface area contributed by atoms with E-state index in [9.17, 15) is 13.2 Å². The number of nitrogens with zero attached hydrogens (tertiary/aromatic N) is 1. The third-order valence-electron chi connectivity index (χ3n) is 5.30. The highest BCUT2D eigenvalue weighted by molar-refractivity contribution is 7.92. The van der Waals surface area contributed by atoms with Crippen molar-refractivity contribution in [2.75, 3.05) is 24.5 Å². The Bertz CT molecular complexity index is 1250. The van der Waals surface area contributed by atoms with E-state index in [1.165, 1.54) is 25.3 Å². The van der Waals surface area contributed by atoms with Gasteiger partial charge in [0.25, 0.3) is 10.0 Å². The van der Waals surface area contributed by atoms with Crippen LogP contribution in [0.1, 0.15) is 25.8 Å². The Hall–Kier alpha value is -3.23. The molecule has 0 aliphatic rings. The number of methoxy groups -OCH3 is 1. The van der Waals surface area contributed by atoms with Gasteiger partial charge in [0.2, 0.25) is 5.91 Å². The molecule has 0 saturated carbocycles. The van der Waals surface area contributed by atoms with Crippen LogP contribution in [0.25, 0.3) is 0 Å². The Kier molecular flexibility index (Phi) is 9.61. The minimum absolute atomic E-state index is 0.0784. The summed E-state index contributed by atoms with van der Waals surface area (Å²) in [4.78, 5) is 12.9. The molecular formula is C27H31ClN2O5S. The molecule has 1 amide bonds. The van der Waals surface area contributed by atoms with Gasteiger partial charge in [0, 0.05) is 6.54 Å². The monoisotopic (exact) mass is 530 g/mol. The summed E-state index contributed by atoms with van der Waals surface area (Å²) in [5.41, 5.74) is 1.39. The molecule has 0 heterocycles. The summed E-state index contributed by atoms with van der Waals surface area (Å²) in [5.74, 6) is 0.813. The number of anilines is 1. The fourth-order valence-corrected chi connectivity index (χ4v) is 5.24. The van der Waals surface area contributed by atoms with Crippen molar-refractivity contribution in [2.24, 2.45) is 0 Å². The molecule has 0 fully saturated rings. The maximum Gasteiger partial charge on any atom is 0.264 e. The first-order valence-electron chi connectivity index (χ1n) is 11.6. The number of aryl methyl sites for hydroxylation is 1. The number of carbonyl (C=O) groups is 1. The first-order valence-corrected chi connectivity index (χ1v) is 13.5. The van der Waals surface area contributed by atoms with Gasteiger partial charge in [0.05, 0.1) is 28.8 Å². The highest BCUT2D eigenvalue weighted by Crippen LogP contribution is 2.31. The highest BCUT2D eigenvalue weighted by atomic mass is 35.5. The molecular weight excluding hydrogens is 500 g/mol. The van der Waals surface area contributed by atoms with Crippen LogP contribution in [0, 0.1) is 0 Å². The van der Waals surface area contributed by atoms with E-state index in [2.05, 4.69) is 5.32 Å². The molecule has 0 radical (unpaired) electrons. The van der Waals surface area contributed by atoms with Crippen molar-refractivity contribution >= 4 is 33.2 Å². The first-order chi connectivity index (χ1) is 17.2. The van der Waals surface area contributed by atoms with Crippen LogP contribution in [0.5, 0.6) is 11.5 Å². The highest BCUT2D eigenvalue weighted by Gasteiger charge is 2.27. The molecule has 3 aromatic rings. The van der Waals surface area contributed by atoms with Crippen LogP contribution < -0.4 is 19.1 Å². The summed E-state index contributed by atoms with van der Waals surface area (Å²) in [5, 5.41) is 3.07. The zero-order valence-electron chi connectivity index (χ0n) is 20.6. The summed E-state index contributed by atoms with van der Waals surface area (Å²) >= 11 is 6.25. The fourth-order valence-electron chi connectivity index (χ4n) is 3.56. The van der Waals surface area contributed by atoms with E-state index in [4.69, 9.17) is 21.1 Å². The molecule has 0 saturated heterocycles. The number of ether oxygens (including phenoxy) is 2. The van der Waals surface area contributed by atoms with Crippen LogP contribution in [0.15, 0.2) is 77.7 Å². The molecule has 36 heavy (non-hydrogen) atoms. The van der Waals surface area contributed by atoms with Crippen LogP contribution in [-0.2, 0) is 21.2 Å². The van der Waals surface area contributed by atoms with Gasteiger partial charge >= 0.3 is 0 Å². The second kappa shape index (κ2) is 12.6. The summed E-state index contributed by atoms with van der Waals surface area (Å²) in [7, 11) is -2.54. The standard InChI is InChI=1S/C27H31ClN2O5S/c1-20(2)35-23-14-11-21(12-15-23)8-7-17-29-27(31)19-30(22-13-16-26(34-3)25(28)18-22)36(32,33)24-9-5-4-6-10-24/h4-6,9-16,18,20H,7-8,17,19H2,1-3H3,(H,29,31). The van der Waals surface area contributed by atoms with Crippen molar-refractivity contribution in [3.05, 3.63) is 83.4 Å². The zero-order chi connectivity index (χ0) is 26.1. The third kappa shape index (κ3) is 7.38. The van der Waals surface area contributed by atoms with E-state index in [-0.39, 0.29) is 28.3 Å². The third-order valence-corrected chi connectivity index (χ3v) is 7.38. The summed E-state index contributed by atoms with van der Waals surface area (Å²) in [6.45, 7) is 3.98. The second-order valence-electron chi connectivity index (χ2n) is 8.41. The summed E-state index contributed by atoms with van der Waals surface area (Å²) < 4.78 is 38.7. The number of carbonyl (C=O) groups excluding carboxylic acids is 1. The normalized spacial score (nSPS) is 11.2. The van der Waals surface area contributed by atoms with Crippen LogP contribution in [0.4, 0.5) is 5.69 Å². The number of rotatable bonds is 12. The predicted molar refractivity (Wildman–Crippen MR) is 143 cm³/mol. The van der Waals surface area contributed by atoms with E-state index in [0.717, 1.165) is 22.0 Å². The van der Waals surface area contributed by atoms with Gasteiger partial charge in [-0.1, -0.05) is 41.9 Å². The number of hydrogen-bond acceptors (Lipinski definition) is 5. The molecule has 0 bridgehead atoms. The topological polar surface area (TPSA) is 84.9 Å². The average Bonchev–Trinajstić information content (AvgIpc) is 2.86. The van der Waals surface area contributed by atoms with Crippen molar-refractivity contribution in [3.8, 4) is 11.5 Å². The molecule has 0 aromatic heterocycles. The first kappa shape index (κ1) is 27.4. The molecule has 0 aliphatic carbocycles. The van der Waals surface area contributed by atoms with Gasteiger partial charge in [0.15, 0.2) is 0 Å². The van der Waals surface area contributed by atoms with E-state index in [0.29, 0.717) is 18.7 Å². The minimum Gasteiger partial charge on any atom is -0.495 e. The molecule has 3 rings (SSSR count). The van der Waals surface area contributed by atoms with Gasteiger partial charge in [-0.25, -0.2) is 8.42 Å². The SMILES string of the molecule is COc1ccc(N(CC(=O)NCCCc2ccc(OC(C)C)cc2)S(=O)(=O)c2ccccc2)cc1Cl. The quantitative estimate of drug-likeness (QED) is 0.330. The number of nitrogens with one attached hydrogen (secondary N) is 1. The lowest BCUT2D eigenvalue weighted by atomic mass is 10.1. The Morgan fingerprint density at radius 2 is 1.72 bits per heavy atom. The van der Waals surface area contributed by atoms with Crippen molar-refractivity contribution in [2.45, 2.75) is 37.7 Å². The largest absolute Gasteiger partial charge is 0.495 e. The number of hydrogen-bond donors (Lipinski definition) is 1. The Balaban J connectivity index is 1.66. The van der Waals surface area contributed by atoms with Gasteiger partial charge in [-0.3, -0.25) is 9.10 Å². The zero-order valence-corrected chi connectivity index (χ0v) is 22.2. The molecule has 9 heteroatoms. The predicted octanol–water partition coefficient (Wildman–Crippen LogP) is 5.08. The molecule has 0 atom stereocenters. The Morgan fingerprint density at radius 1 is 1.03 bits per heavy atom. The van der Waals surface area contributed by atoms with E-state index in [1.807, 2.05) is 38.1 Å². The van der Waals surface area contributed by atoms with Gasteiger partial charge in [-0.2, -0.15) is 0 Å². The molecule has 0 aliphatic heterocycles. The molecule has 0 spiro atoms. The van der Waals surface area contributed by atoms with Crippen molar-refractivity contribution in [1.29, 1.82) is 0 Å². The van der Waals surface area contributed by atoms with Crippen LogP contribution in [0.3, 0.4) is 0 Å². The smallest absolute Gasteiger partial charge is 0.264 e. The van der Waals surface area contributed by atoms with E-state index < -0.39 is 15.9 Å².